The Bertz CT molecular complexity index is 966. The van der Waals surface area contributed by atoms with Gasteiger partial charge in [-0.1, -0.05) is 17.7 Å². The van der Waals surface area contributed by atoms with Gasteiger partial charge >= 0.3 is 0 Å². The molecule has 0 N–H and O–H groups in total. The molecule has 0 spiro atoms. The first kappa shape index (κ1) is 22.2. The van der Waals surface area contributed by atoms with E-state index in [9.17, 15) is 13.2 Å². The lowest BCUT2D eigenvalue weighted by molar-refractivity contribution is -0.0440. The summed E-state index contributed by atoms with van der Waals surface area (Å²) < 4.78 is 34.0. The number of nitrogens with zero attached hydrogens (tertiary/aromatic N) is 2. The molecule has 1 saturated heterocycles. The third-order valence-electron chi connectivity index (χ3n) is 4.75. The number of thiophene rings is 1. The van der Waals surface area contributed by atoms with Crippen LogP contribution in [0, 0.1) is 0 Å². The molecule has 1 fully saturated rings. The maximum absolute atomic E-state index is 13.1. The van der Waals surface area contributed by atoms with Crippen LogP contribution in [0.5, 0.6) is 0 Å². The van der Waals surface area contributed by atoms with Crippen molar-refractivity contribution in [3.8, 4) is 0 Å². The van der Waals surface area contributed by atoms with E-state index in [0.29, 0.717) is 36.1 Å². The van der Waals surface area contributed by atoms with Crippen LogP contribution in [0.15, 0.2) is 41.3 Å². The van der Waals surface area contributed by atoms with Crippen LogP contribution in [-0.2, 0) is 21.3 Å². The third-order valence-corrected chi connectivity index (χ3v) is 7.79. The van der Waals surface area contributed by atoms with Gasteiger partial charge in [0.25, 0.3) is 5.91 Å². The SMILES string of the molecule is CCN(Cc1ccc(Cl)s1)C(=O)c1cccc(S(=O)(=O)N2CC(C)OC(C)C2)c1. The van der Waals surface area contributed by atoms with Crippen LogP contribution in [0.4, 0.5) is 0 Å². The van der Waals surface area contributed by atoms with E-state index in [1.807, 2.05) is 26.8 Å². The van der Waals surface area contributed by atoms with Crippen LogP contribution in [0.2, 0.25) is 4.34 Å². The van der Waals surface area contributed by atoms with Crippen molar-refractivity contribution < 1.29 is 17.9 Å². The van der Waals surface area contributed by atoms with E-state index in [1.165, 1.54) is 27.8 Å². The molecule has 0 radical (unpaired) electrons. The van der Waals surface area contributed by atoms with Crippen molar-refractivity contribution in [1.82, 2.24) is 9.21 Å². The van der Waals surface area contributed by atoms with Crippen molar-refractivity contribution >= 4 is 38.9 Å². The van der Waals surface area contributed by atoms with Crippen molar-refractivity contribution in [2.24, 2.45) is 0 Å². The second kappa shape index (κ2) is 9.14. The minimum Gasteiger partial charge on any atom is -0.373 e. The molecule has 0 saturated carbocycles. The molecular weight excluding hydrogens is 432 g/mol. The number of morpholine rings is 1. The van der Waals surface area contributed by atoms with Crippen LogP contribution in [-0.4, -0.2) is 55.4 Å². The summed E-state index contributed by atoms with van der Waals surface area (Å²) in [5.41, 5.74) is 0.352. The fourth-order valence-electron chi connectivity index (χ4n) is 3.40. The number of halogens is 1. The molecule has 1 aliphatic rings. The quantitative estimate of drug-likeness (QED) is 0.661. The predicted octanol–water partition coefficient (Wildman–Crippen LogP) is 3.86. The predicted molar refractivity (Wildman–Crippen MR) is 115 cm³/mol. The van der Waals surface area contributed by atoms with Gasteiger partial charge in [-0.2, -0.15) is 4.31 Å². The van der Waals surface area contributed by atoms with Gasteiger partial charge in [0, 0.05) is 30.1 Å². The van der Waals surface area contributed by atoms with Gasteiger partial charge in [-0.15, -0.1) is 11.3 Å². The molecule has 1 amide bonds. The van der Waals surface area contributed by atoms with E-state index in [1.54, 1.807) is 23.1 Å². The van der Waals surface area contributed by atoms with E-state index in [4.69, 9.17) is 16.3 Å². The summed E-state index contributed by atoms with van der Waals surface area (Å²) in [4.78, 5) is 15.8. The molecule has 1 aromatic carbocycles. The highest BCUT2D eigenvalue weighted by atomic mass is 35.5. The molecule has 6 nitrogen and oxygen atoms in total. The monoisotopic (exact) mass is 456 g/mol. The number of sulfonamides is 1. The molecule has 2 atom stereocenters. The average Bonchev–Trinajstić information content (AvgIpc) is 3.09. The number of carbonyl (C=O) groups is 1. The maximum Gasteiger partial charge on any atom is 0.254 e. The second-order valence-corrected chi connectivity index (χ2v) is 10.9. The zero-order valence-corrected chi connectivity index (χ0v) is 19.1. The summed E-state index contributed by atoms with van der Waals surface area (Å²) in [5.74, 6) is -0.210. The molecule has 0 aliphatic carbocycles. The van der Waals surface area contributed by atoms with E-state index in [-0.39, 0.29) is 23.0 Å². The van der Waals surface area contributed by atoms with E-state index in [0.717, 1.165) is 4.88 Å². The first-order chi connectivity index (χ1) is 13.7. The zero-order valence-electron chi connectivity index (χ0n) is 16.7. The Labute approximate surface area is 181 Å². The highest BCUT2D eigenvalue weighted by molar-refractivity contribution is 7.89. The van der Waals surface area contributed by atoms with Crippen LogP contribution >= 0.6 is 22.9 Å². The number of carbonyl (C=O) groups excluding carboxylic acids is 1. The van der Waals surface area contributed by atoms with Gasteiger partial charge < -0.3 is 9.64 Å². The molecule has 3 rings (SSSR count). The van der Waals surface area contributed by atoms with E-state index in [2.05, 4.69) is 0 Å². The van der Waals surface area contributed by atoms with Crippen molar-refractivity contribution in [2.45, 2.75) is 44.4 Å². The van der Waals surface area contributed by atoms with Gasteiger partial charge in [-0.25, -0.2) is 8.42 Å². The highest BCUT2D eigenvalue weighted by Crippen LogP contribution is 2.25. The van der Waals surface area contributed by atoms with Crippen LogP contribution < -0.4 is 0 Å². The lowest BCUT2D eigenvalue weighted by Crippen LogP contribution is -2.48. The molecule has 1 aromatic heterocycles. The van der Waals surface area contributed by atoms with Crippen LogP contribution in [0.1, 0.15) is 36.0 Å². The van der Waals surface area contributed by atoms with E-state index < -0.39 is 10.0 Å². The molecule has 2 aromatic rings. The Hall–Kier alpha value is -1.45. The summed E-state index contributed by atoms with van der Waals surface area (Å²) in [6.45, 7) is 7.13. The fraction of sp³-hybridized carbons (Fsp3) is 0.450. The van der Waals surface area contributed by atoms with Crippen molar-refractivity contribution in [1.29, 1.82) is 0 Å². The number of rotatable bonds is 6. The zero-order chi connectivity index (χ0) is 21.2. The van der Waals surface area contributed by atoms with Gasteiger partial charge in [0.1, 0.15) is 0 Å². The summed E-state index contributed by atoms with van der Waals surface area (Å²) in [7, 11) is -3.70. The molecule has 0 bridgehead atoms. The largest absolute Gasteiger partial charge is 0.373 e. The lowest BCUT2D eigenvalue weighted by atomic mass is 10.2. The maximum atomic E-state index is 13.1. The Morgan fingerprint density at radius 1 is 1.24 bits per heavy atom. The third kappa shape index (κ3) is 5.19. The Morgan fingerprint density at radius 2 is 1.93 bits per heavy atom. The lowest BCUT2D eigenvalue weighted by Gasteiger charge is -2.34. The van der Waals surface area contributed by atoms with Gasteiger partial charge in [-0.05, 0) is 51.1 Å². The molecular formula is C20H25ClN2O4S2. The standard InChI is InChI=1S/C20H25ClN2O4S2/c1-4-22(13-17-8-9-19(21)28-17)20(24)16-6-5-7-18(10-16)29(25,26)23-11-14(2)27-15(3)12-23/h5-10,14-15H,4,11-13H2,1-3H3. The van der Waals surface area contributed by atoms with Gasteiger partial charge in [0.15, 0.2) is 0 Å². The minimum absolute atomic E-state index is 0.125. The normalized spacial score (nSPS) is 20.6. The smallest absolute Gasteiger partial charge is 0.254 e. The minimum atomic E-state index is -3.70. The summed E-state index contributed by atoms with van der Waals surface area (Å²) in [6.07, 6.45) is -0.349. The fourth-order valence-corrected chi connectivity index (χ4v) is 6.14. The van der Waals surface area contributed by atoms with Gasteiger partial charge in [-0.3, -0.25) is 4.79 Å². The molecule has 9 heteroatoms. The number of hydrogen-bond donors (Lipinski definition) is 0. The molecule has 2 heterocycles. The second-order valence-electron chi connectivity index (χ2n) is 7.13. The molecule has 29 heavy (non-hydrogen) atoms. The number of hydrogen-bond acceptors (Lipinski definition) is 5. The van der Waals surface area contributed by atoms with Crippen LogP contribution in [0.25, 0.3) is 0 Å². The summed E-state index contributed by atoms with van der Waals surface area (Å²) in [6, 6.07) is 9.96. The van der Waals surface area contributed by atoms with Crippen molar-refractivity contribution in [3.05, 3.63) is 51.2 Å². The Balaban J connectivity index is 1.83. The number of amides is 1. The van der Waals surface area contributed by atoms with E-state index >= 15 is 0 Å². The number of benzene rings is 1. The Morgan fingerprint density at radius 3 is 2.52 bits per heavy atom. The highest BCUT2D eigenvalue weighted by Gasteiger charge is 2.32. The summed E-state index contributed by atoms with van der Waals surface area (Å²) in [5, 5.41) is 0. The van der Waals surface area contributed by atoms with Crippen LogP contribution in [0.3, 0.4) is 0 Å². The summed E-state index contributed by atoms with van der Waals surface area (Å²) >= 11 is 7.41. The topological polar surface area (TPSA) is 66.9 Å². The average molecular weight is 457 g/mol. The molecule has 158 valence electrons. The molecule has 1 aliphatic heterocycles. The van der Waals surface area contributed by atoms with Gasteiger partial charge in [0.05, 0.1) is 28.0 Å². The van der Waals surface area contributed by atoms with Crippen molar-refractivity contribution in [2.75, 3.05) is 19.6 Å². The van der Waals surface area contributed by atoms with Gasteiger partial charge in [0.2, 0.25) is 10.0 Å². The first-order valence-electron chi connectivity index (χ1n) is 9.50. The van der Waals surface area contributed by atoms with Crippen molar-refractivity contribution in [3.63, 3.8) is 0 Å². The first-order valence-corrected chi connectivity index (χ1v) is 12.1. The Kier molecular flexibility index (Phi) is 7.01. The molecule has 2 unspecified atom stereocenters. The number of ether oxygens (including phenoxy) is 1.